The fraction of sp³-hybridized carbons (Fsp3) is 0.545. The Balaban J connectivity index is 2.70. The highest BCUT2D eigenvalue weighted by molar-refractivity contribution is 5.90. The van der Waals surface area contributed by atoms with Crippen molar-refractivity contribution in [2.45, 2.75) is 33.2 Å². The number of carboxylic acids is 1. The molecule has 0 aliphatic rings. The Labute approximate surface area is 99.2 Å². The number of nitrogens with zero attached hydrogens (tertiary/aromatic N) is 2. The van der Waals surface area contributed by atoms with Gasteiger partial charge in [-0.05, 0) is 20.3 Å². The summed E-state index contributed by atoms with van der Waals surface area (Å²) in [5, 5.41) is 13.1. The number of methoxy groups -OCH3 is 1. The number of aryl methyl sites for hydroxylation is 2. The van der Waals surface area contributed by atoms with Crippen LogP contribution in [0, 0.1) is 13.8 Å². The van der Waals surface area contributed by atoms with Crippen LogP contribution < -0.4 is 0 Å². The number of hydrogen-bond acceptors (Lipinski definition) is 4. The lowest BCUT2D eigenvalue weighted by Crippen LogP contribution is -2.07. The second kappa shape index (κ2) is 5.47. The van der Waals surface area contributed by atoms with Crippen molar-refractivity contribution in [3.05, 3.63) is 17.0 Å². The maximum absolute atomic E-state index is 11.0. The third-order valence-electron chi connectivity index (χ3n) is 2.57. The molecule has 0 saturated carbocycles. The van der Waals surface area contributed by atoms with Gasteiger partial charge in [0.1, 0.15) is 5.56 Å². The third kappa shape index (κ3) is 3.05. The molecule has 1 rings (SSSR count). The van der Waals surface area contributed by atoms with E-state index in [2.05, 4.69) is 9.84 Å². The normalized spacial score (nSPS) is 10.3. The summed E-state index contributed by atoms with van der Waals surface area (Å²) in [5.74, 6) is -1.25. The summed E-state index contributed by atoms with van der Waals surface area (Å²) in [7, 11) is 1.34. The Hall–Kier alpha value is -1.85. The maximum atomic E-state index is 11.0. The zero-order chi connectivity index (χ0) is 13.0. The van der Waals surface area contributed by atoms with Crippen molar-refractivity contribution in [2.24, 2.45) is 0 Å². The molecule has 0 aliphatic carbocycles. The number of hydrogen-bond donors (Lipinski definition) is 1. The summed E-state index contributed by atoms with van der Waals surface area (Å²) in [4.78, 5) is 21.9. The lowest BCUT2D eigenvalue weighted by Gasteiger charge is -2.03. The van der Waals surface area contributed by atoms with E-state index in [-0.39, 0.29) is 11.5 Å². The number of aromatic nitrogens is 2. The molecule has 0 spiro atoms. The molecule has 1 aromatic heterocycles. The van der Waals surface area contributed by atoms with Gasteiger partial charge in [-0.1, -0.05) is 0 Å². The summed E-state index contributed by atoms with van der Waals surface area (Å²) in [6, 6.07) is 0. The van der Waals surface area contributed by atoms with Gasteiger partial charge in [0, 0.05) is 13.0 Å². The topological polar surface area (TPSA) is 81.4 Å². The number of ether oxygens (including phenoxy) is 1. The average molecular weight is 240 g/mol. The molecule has 0 fully saturated rings. The van der Waals surface area contributed by atoms with Gasteiger partial charge in [0.25, 0.3) is 0 Å². The molecule has 6 nitrogen and oxygen atoms in total. The minimum atomic E-state index is -0.973. The van der Waals surface area contributed by atoms with Crippen molar-refractivity contribution in [3.63, 3.8) is 0 Å². The van der Waals surface area contributed by atoms with Crippen LogP contribution in [0.5, 0.6) is 0 Å². The summed E-state index contributed by atoms with van der Waals surface area (Å²) in [6.45, 7) is 3.88. The van der Waals surface area contributed by atoms with Gasteiger partial charge in [0.2, 0.25) is 0 Å². The van der Waals surface area contributed by atoms with Gasteiger partial charge >= 0.3 is 11.9 Å². The van der Waals surface area contributed by atoms with Crippen LogP contribution in [0.25, 0.3) is 0 Å². The molecule has 0 saturated heterocycles. The van der Waals surface area contributed by atoms with Gasteiger partial charge in [0.05, 0.1) is 18.5 Å². The first kappa shape index (κ1) is 13.2. The van der Waals surface area contributed by atoms with E-state index >= 15 is 0 Å². The molecular weight excluding hydrogens is 224 g/mol. The van der Waals surface area contributed by atoms with E-state index in [9.17, 15) is 9.59 Å². The van der Waals surface area contributed by atoms with Crippen LogP contribution >= 0.6 is 0 Å². The zero-order valence-electron chi connectivity index (χ0n) is 10.2. The number of aromatic carboxylic acids is 1. The fourth-order valence-corrected chi connectivity index (χ4v) is 1.70. The van der Waals surface area contributed by atoms with Crippen LogP contribution in [0.3, 0.4) is 0 Å². The van der Waals surface area contributed by atoms with Crippen LogP contribution in [0.2, 0.25) is 0 Å². The highest BCUT2D eigenvalue weighted by Crippen LogP contribution is 2.13. The first-order valence-corrected chi connectivity index (χ1v) is 5.31. The summed E-state index contributed by atoms with van der Waals surface area (Å²) in [6.07, 6.45) is 0.880. The van der Waals surface area contributed by atoms with E-state index in [0.717, 1.165) is 0 Å². The molecule has 1 N–H and O–H groups in total. The first-order chi connectivity index (χ1) is 7.97. The van der Waals surface area contributed by atoms with Crippen LogP contribution in [0.4, 0.5) is 0 Å². The van der Waals surface area contributed by atoms with Crippen LogP contribution in [-0.4, -0.2) is 33.9 Å². The smallest absolute Gasteiger partial charge is 0.339 e. The maximum Gasteiger partial charge on any atom is 0.339 e. The molecule has 0 aromatic carbocycles. The summed E-state index contributed by atoms with van der Waals surface area (Å²) >= 11 is 0. The molecule has 0 aliphatic heterocycles. The minimum absolute atomic E-state index is 0.239. The standard InChI is InChI=1S/C11H16N2O4/c1-7-10(11(15)16)8(2)13(12-7)6-4-5-9(14)17-3/h4-6H2,1-3H3,(H,15,16). The van der Waals surface area contributed by atoms with E-state index in [1.807, 2.05) is 0 Å². The summed E-state index contributed by atoms with van der Waals surface area (Å²) < 4.78 is 6.14. The molecule has 6 heteroatoms. The number of esters is 1. The van der Waals surface area contributed by atoms with Gasteiger partial charge in [-0.3, -0.25) is 9.48 Å². The molecular formula is C11H16N2O4. The molecule has 0 atom stereocenters. The SMILES string of the molecule is COC(=O)CCCn1nc(C)c(C(=O)O)c1C. The highest BCUT2D eigenvalue weighted by atomic mass is 16.5. The average Bonchev–Trinajstić information content (AvgIpc) is 2.53. The molecule has 17 heavy (non-hydrogen) atoms. The number of carbonyl (C=O) groups excluding carboxylic acids is 1. The van der Waals surface area contributed by atoms with Crippen LogP contribution in [0.15, 0.2) is 0 Å². The minimum Gasteiger partial charge on any atom is -0.478 e. The van der Waals surface area contributed by atoms with E-state index in [1.165, 1.54) is 7.11 Å². The van der Waals surface area contributed by atoms with E-state index in [0.29, 0.717) is 30.8 Å². The predicted octanol–water partition coefficient (Wildman–Crippen LogP) is 1.15. The molecule has 0 bridgehead atoms. The van der Waals surface area contributed by atoms with Crippen molar-refractivity contribution < 1.29 is 19.4 Å². The second-order valence-corrected chi connectivity index (χ2v) is 3.75. The van der Waals surface area contributed by atoms with Gasteiger partial charge in [-0.25, -0.2) is 4.79 Å². The van der Waals surface area contributed by atoms with E-state index in [4.69, 9.17) is 5.11 Å². The van der Waals surface area contributed by atoms with Gasteiger partial charge in [0.15, 0.2) is 0 Å². The van der Waals surface area contributed by atoms with Crippen LogP contribution in [0.1, 0.15) is 34.6 Å². The zero-order valence-corrected chi connectivity index (χ0v) is 10.2. The predicted molar refractivity (Wildman–Crippen MR) is 59.9 cm³/mol. The van der Waals surface area contributed by atoms with Gasteiger partial charge in [-0.2, -0.15) is 5.10 Å². The van der Waals surface area contributed by atoms with Gasteiger partial charge in [-0.15, -0.1) is 0 Å². The molecule has 1 heterocycles. The molecule has 0 radical (unpaired) electrons. The third-order valence-corrected chi connectivity index (χ3v) is 2.57. The Morgan fingerprint density at radius 1 is 1.41 bits per heavy atom. The number of rotatable bonds is 5. The van der Waals surface area contributed by atoms with Crippen molar-refractivity contribution in [3.8, 4) is 0 Å². The van der Waals surface area contributed by atoms with E-state index in [1.54, 1.807) is 18.5 Å². The van der Waals surface area contributed by atoms with Crippen molar-refractivity contribution in [2.75, 3.05) is 7.11 Å². The highest BCUT2D eigenvalue weighted by Gasteiger charge is 2.17. The summed E-state index contributed by atoms with van der Waals surface area (Å²) in [5.41, 5.74) is 1.34. The lowest BCUT2D eigenvalue weighted by molar-refractivity contribution is -0.140. The molecule has 94 valence electrons. The van der Waals surface area contributed by atoms with Gasteiger partial charge < -0.3 is 9.84 Å². The molecule has 0 unspecified atom stereocenters. The molecule has 1 aromatic rings. The van der Waals surface area contributed by atoms with Crippen LogP contribution in [-0.2, 0) is 16.1 Å². The van der Waals surface area contributed by atoms with Crippen molar-refractivity contribution in [1.82, 2.24) is 9.78 Å². The Bertz CT molecular complexity index is 437. The molecule has 0 amide bonds. The number of carboxylic acid groups (broad SMARTS) is 1. The fourth-order valence-electron chi connectivity index (χ4n) is 1.70. The number of carbonyl (C=O) groups is 2. The Kier molecular flexibility index (Phi) is 4.25. The largest absolute Gasteiger partial charge is 0.478 e. The Morgan fingerprint density at radius 2 is 2.06 bits per heavy atom. The first-order valence-electron chi connectivity index (χ1n) is 5.31. The van der Waals surface area contributed by atoms with Crippen molar-refractivity contribution in [1.29, 1.82) is 0 Å². The van der Waals surface area contributed by atoms with E-state index < -0.39 is 5.97 Å². The quantitative estimate of drug-likeness (QED) is 0.781. The van der Waals surface area contributed by atoms with Crippen molar-refractivity contribution >= 4 is 11.9 Å². The Morgan fingerprint density at radius 3 is 2.53 bits per heavy atom. The lowest BCUT2D eigenvalue weighted by atomic mass is 10.2. The second-order valence-electron chi connectivity index (χ2n) is 3.75. The monoisotopic (exact) mass is 240 g/mol.